The molecule has 3 aromatic rings. The van der Waals surface area contributed by atoms with Crippen LogP contribution in [0.15, 0.2) is 59.1 Å². The van der Waals surface area contributed by atoms with Crippen LogP contribution in [0.1, 0.15) is 37.8 Å². The third-order valence-electron chi connectivity index (χ3n) is 4.81. The SMILES string of the molecule is CC(C)(C)c1cc(CC(=O)Nc2ccc(NC(=O)C(N)Cc3ccccc3F)cc2)no1. The highest BCUT2D eigenvalue weighted by molar-refractivity contribution is 5.96. The van der Waals surface area contributed by atoms with E-state index in [0.29, 0.717) is 28.4 Å². The third-order valence-corrected chi connectivity index (χ3v) is 4.81. The minimum Gasteiger partial charge on any atom is -0.361 e. The first kappa shape index (κ1) is 23.1. The Kier molecular flexibility index (Phi) is 7.05. The molecule has 2 amide bonds. The molecular weight excluding hydrogens is 411 g/mol. The molecule has 1 heterocycles. The number of nitrogens with one attached hydrogen (secondary N) is 2. The van der Waals surface area contributed by atoms with Crippen molar-refractivity contribution in [1.29, 1.82) is 0 Å². The summed E-state index contributed by atoms with van der Waals surface area (Å²) in [5.41, 5.74) is 7.76. The second-order valence-corrected chi connectivity index (χ2v) is 8.63. The molecule has 0 radical (unpaired) electrons. The molecule has 0 saturated carbocycles. The quantitative estimate of drug-likeness (QED) is 0.520. The molecule has 0 aliphatic carbocycles. The van der Waals surface area contributed by atoms with Gasteiger partial charge in [-0.3, -0.25) is 9.59 Å². The zero-order valence-electron chi connectivity index (χ0n) is 18.3. The molecule has 0 aliphatic heterocycles. The second kappa shape index (κ2) is 9.74. The lowest BCUT2D eigenvalue weighted by Crippen LogP contribution is -2.37. The maximum absolute atomic E-state index is 13.7. The summed E-state index contributed by atoms with van der Waals surface area (Å²) in [6.07, 6.45) is 0.175. The fraction of sp³-hybridized carbons (Fsp3) is 0.292. The van der Waals surface area contributed by atoms with Crippen LogP contribution in [-0.2, 0) is 27.8 Å². The van der Waals surface area contributed by atoms with Crippen molar-refractivity contribution in [2.45, 2.75) is 45.1 Å². The average molecular weight is 439 g/mol. The minimum absolute atomic E-state index is 0.0863. The smallest absolute Gasteiger partial charge is 0.241 e. The number of nitrogens with two attached hydrogens (primary N) is 1. The number of anilines is 2. The van der Waals surface area contributed by atoms with Crippen molar-refractivity contribution in [3.8, 4) is 0 Å². The van der Waals surface area contributed by atoms with Crippen molar-refractivity contribution >= 4 is 23.2 Å². The van der Waals surface area contributed by atoms with Crippen molar-refractivity contribution in [1.82, 2.24) is 5.16 Å². The van der Waals surface area contributed by atoms with E-state index >= 15 is 0 Å². The molecule has 1 aromatic heterocycles. The van der Waals surface area contributed by atoms with Crippen LogP contribution >= 0.6 is 0 Å². The number of benzene rings is 2. The molecule has 0 bridgehead atoms. The highest BCUT2D eigenvalue weighted by Crippen LogP contribution is 2.23. The molecule has 4 N–H and O–H groups in total. The molecule has 32 heavy (non-hydrogen) atoms. The van der Waals surface area contributed by atoms with Gasteiger partial charge >= 0.3 is 0 Å². The van der Waals surface area contributed by atoms with E-state index in [2.05, 4.69) is 15.8 Å². The molecule has 2 aromatic carbocycles. The first-order valence-electron chi connectivity index (χ1n) is 10.3. The van der Waals surface area contributed by atoms with E-state index in [4.69, 9.17) is 10.3 Å². The summed E-state index contributed by atoms with van der Waals surface area (Å²) in [6.45, 7) is 6.01. The lowest BCUT2D eigenvalue weighted by Gasteiger charge is -2.13. The van der Waals surface area contributed by atoms with Crippen LogP contribution in [0.5, 0.6) is 0 Å². The first-order chi connectivity index (χ1) is 15.1. The number of halogens is 1. The van der Waals surface area contributed by atoms with Crippen LogP contribution in [0.3, 0.4) is 0 Å². The summed E-state index contributed by atoms with van der Waals surface area (Å²) in [4.78, 5) is 24.6. The van der Waals surface area contributed by atoms with Crippen LogP contribution in [0, 0.1) is 5.82 Å². The molecule has 0 saturated heterocycles. The van der Waals surface area contributed by atoms with Gasteiger partial charge < -0.3 is 20.9 Å². The van der Waals surface area contributed by atoms with E-state index in [1.54, 1.807) is 48.5 Å². The van der Waals surface area contributed by atoms with E-state index in [9.17, 15) is 14.0 Å². The van der Waals surface area contributed by atoms with E-state index in [1.165, 1.54) is 6.07 Å². The zero-order valence-corrected chi connectivity index (χ0v) is 18.3. The van der Waals surface area contributed by atoms with Crippen molar-refractivity contribution < 1.29 is 18.5 Å². The molecule has 1 unspecified atom stereocenters. The number of carbonyl (C=O) groups is 2. The van der Waals surface area contributed by atoms with E-state index in [-0.39, 0.29) is 24.2 Å². The number of rotatable bonds is 7. The molecule has 7 nitrogen and oxygen atoms in total. The standard InChI is InChI=1S/C24H27FN4O3/c1-24(2,3)21-13-18(29-32-21)14-22(30)27-16-8-10-17(11-9-16)28-23(31)20(26)12-15-6-4-5-7-19(15)25/h4-11,13,20H,12,14,26H2,1-3H3,(H,27,30)(H,28,31). The second-order valence-electron chi connectivity index (χ2n) is 8.63. The van der Waals surface area contributed by atoms with Gasteiger partial charge in [-0.25, -0.2) is 4.39 Å². The number of carbonyl (C=O) groups excluding carboxylic acids is 2. The highest BCUT2D eigenvalue weighted by atomic mass is 19.1. The lowest BCUT2D eigenvalue weighted by atomic mass is 9.93. The summed E-state index contributed by atoms with van der Waals surface area (Å²) >= 11 is 0. The zero-order chi connectivity index (χ0) is 23.3. The monoisotopic (exact) mass is 438 g/mol. The Balaban J connectivity index is 1.52. The third kappa shape index (κ3) is 6.24. The largest absolute Gasteiger partial charge is 0.361 e. The Bertz CT molecular complexity index is 1090. The topological polar surface area (TPSA) is 110 Å². The van der Waals surface area contributed by atoms with Crippen LogP contribution in [0.4, 0.5) is 15.8 Å². The van der Waals surface area contributed by atoms with Gasteiger partial charge in [-0.1, -0.05) is 44.1 Å². The van der Waals surface area contributed by atoms with Gasteiger partial charge in [0.2, 0.25) is 11.8 Å². The summed E-state index contributed by atoms with van der Waals surface area (Å²) in [5.74, 6) is -0.335. The average Bonchev–Trinajstić information content (AvgIpc) is 3.20. The van der Waals surface area contributed by atoms with Gasteiger partial charge in [0, 0.05) is 22.9 Å². The maximum atomic E-state index is 13.7. The van der Waals surface area contributed by atoms with Gasteiger partial charge in [-0.2, -0.15) is 0 Å². The van der Waals surface area contributed by atoms with Crippen molar-refractivity contribution in [2.75, 3.05) is 10.6 Å². The molecule has 0 fully saturated rings. The Morgan fingerprint density at radius 1 is 1.06 bits per heavy atom. The van der Waals surface area contributed by atoms with Gasteiger partial charge in [-0.15, -0.1) is 0 Å². The maximum Gasteiger partial charge on any atom is 0.241 e. The Hall–Kier alpha value is -3.52. The molecule has 0 spiro atoms. The predicted molar refractivity (Wildman–Crippen MR) is 121 cm³/mol. The number of hydrogen-bond acceptors (Lipinski definition) is 5. The summed E-state index contributed by atoms with van der Waals surface area (Å²) in [7, 11) is 0. The molecule has 8 heteroatoms. The Labute approximate surface area is 186 Å². The molecule has 0 aliphatic rings. The number of amides is 2. The summed E-state index contributed by atoms with van der Waals surface area (Å²) in [6, 6.07) is 13.7. The molecule has 1 atom stereocenters. The number of aromatic nitrogens is 1. The minimum atomic E-state index is -0.897. The van der Waals surface area contributed by atoms with E-state index < -0.39 is 17.8 Å². The fourth-order valence-electron chi connectivity index (χ4n) is 2.98. The van der Waals surface area contributed by atoms with Crippen LogP contribution in [-0.4, -0.2) is 23.0 Å². The van der Waals surface area contributed by atoms with Gasteiger partial charge in [0.15, 0.2) is 0 Å². The van der Waals surface area contributed by atoms with Crippen LogP contribution in [0.2, 0.25) is 0 Å². The van der Waals surface area contributed by atoms with Gasteiger partial charge in [0.05, 0.1) is 18.2 Å². The number of hydrogen-bond donors (Lipinski definition) is 3. The van der Waals surface area contributed by atoms with Gasteiger partial charge in [-0.05, 0) is 42.3 Å². The lowest BCUT2D eigenvalue weighted by molar-refractivity contribution is -0.117. The first-order valence-corrected chi connectivity index (χ1v) is 10.3. The van der Waals surface area contributed by atoms with E-state index in [1.807, 2.05) is 20.8 Å². The molecule has 168 valence electrons. The summed E-state index contributed by atoms with van der Waals surface area (Å²) < 4.78 is 19.0. The Morgan fingerprint density at radius 3 is 2.28 bits per heavy atom. The van der Waals surface area contributed by atoms with Gasteiger partial charge in [0.25, 0.3) is 0 Å². The van der Waals surface area contributed by atoms with Crippen LogP contribution in [0.25, 0.3) is 0 Å². The van der Waals surface area contributed by atoms with Crippen molar-refractivity contribution in [2.24, 2.45) is 5.73 Å². The molecule has 3 rings (SSSR count). The predicted octanol–water partition coefficient (Wildman–Crippen LogP) is 3.80. The van der Waals surface area contributed by atoms with E-state index in [0.717, 1.165) is 0 Å². The number of nitrogens with zero attached hydrogens (tertiary/aromatic N) is 1. The normalized spacial score (nSPS) is 12.3. The van der Waals surface area contributed by atoms with Crippen LogP contribution < -0.4 is 16.4 Å². The molecular formula is C24H27FN4O3. The fourth-order valence-corrected chi connectivity index (χ4v) is 2.98. The highest BCUT2D eigenvalue weighted by Gasteiger charge is 2.20. The Morgan fingerprint density at radius 2 is 1.69 bits per heavy atom. The van der Waals surface area contributed by atoms with Crippen molar-refractivity contribution in [3.05, 3.63) is 77.4 Å². The van der Waals surface area contributed by atoms with Crippen molar-refractivity contribution in [3.63, 3.8) is 0 Å². The van der Waals surface area contributed by atoms with Gasteiger partial charge in [0.1, 0.15) is 11.6 Å². The summed E-state index contributed by atoms with van der Waals surface area (Å²) in [5, 5.41) is 9.42.